The van der Waals surface area contributed by atoms with Crippen LogP contribution in [0.3, 0.4) is 0 Å². The van der Waals surface area contributed by atoms with E-state index in [1.54, 1.807) is 11.3 Å². The predicted molar refractivity (Wildman–Crippen MR) is 56.5 cm³/mol. The van der Waals surface area contributed by atoms with E-state index in [4.69, 9.17) is 5.73 Å². The molecule has 64 valence electrons. The summed E-state index contributed by atoms with van der Waals surface area (Å²) in [7, 11) is 0. The van der Waals surface area contributed by atoms with Crippen LogP contribution in [-0.2, 0) is 0 Å². The second-order valence-electron chi connectivity index (χ2n) is 2.16. The van der Waals surface area contributed by atoms with E-state index in [1.165, 1.54) is 4.88 Å². The zero-order valence-electron chi connectivity index (χ0n) is 6.21. The molecule has 0 aliphatic rings. The summed E-state index contributed by atoms with van der Waals surface area (Å²) in [4.78, 5) is 1.26. The third-order valence-electron chi connectivity index (χ3n) is 1.40. The summed E-state index contributed by atoms with van der Waals surface area (Å²) < 4.78 is 1.16. The Bertz CT molecular complexity index is 214. The maximum absolute atomic E-state index is 5.80. The highest BCUT2D eigenvalue weighted by atomic mass is 79.9. The highest BCUT2D eigenvalue weighted by Crippen LogP contribution is 2.27. The van der Waals surface area contributed by atoms with Crippen molar-refractivity contribution in [2.75, 3.05) is 0 Å². The fourth-order valence-corrected chi connectivity index (χ4v) is 2.24. The first-order valence-corrected chi connectivity index (χ1v) is 4.85. The topological polar surface area (TPSA) is 26.0 Å². The van der Waals surface area contributed by atoms with Crippen molar-refractivity contribution in [1.29, 1.82) is 0 Å². The Morgan fingerprint density at radius 2 is 2.27 bits per heavy atom. The van der Waals surface area contributed by atoms with Crippen LogP contribution in [0.5, 0.6) is 0 Å². The molecule has 0 fully saturated rings. The fourth-order valence-electron chi connectivity index (χ4n) is 0.729. The van der Waals surface area contributed by atoms with Gasteiger partial charge in [0.2, 0.25) is 0 Å². The van der Waals surface area contributed by atoms with Gasteiger partial charge in [-0.1, -0.05) is 6.92 Å². The number of halogens is 2. The quantitative estimate of drug-likeness (QED) is 0.863. The summed E-state index contributed by atoms with van der Waals surface area (Å²) in [5, 5.41) is 0. The average molecular weight is 257 g/mol. The van der Waals surface area contributed by atoms with Crippen LogP contribution in [0.2, 0.25) is 0 Å². The number of rotatable bonds is 2. The van der Waals surface area contributed by atoms with Crippen LogP contribution in [0.25, 0.3) is 0 Å². The van der Waals surface area contributed by atoms with Crippen molar-refractivity contribution in [3.05, 3.63) is 20.8 Å². The van der Waals surface area contributed by atoms with Crippen LogP contribution in [-0.4, -0.2) is 0 Å². The molecule has 11 heavy (non-hydrogen) atoms. The molecule has 1 rings (SSSR count). The Morgan fingerprint density at radius 1 is 1.64 bits per heavy atom. The smallest absolute Gasteiger partial charge is 0.0701 e. The van der Waals surface area contributed by atoms with Crippen molar-refractivity contribution < 1.29 is 0 Å². The summed E-state index contributed by atoms with van der Waals surface area (Å²) in [6.07, 6.45) is 1.01. The Labute approximate surface area is 85.5 Å². The van der Waals surface area contributed by atoms with Crippen molar-refractivity contribution in [2.45, 2.75) is 19.4 Å². The first-order valence-electron chi connectivity index (χ1n) is 3.25. The minimum atomic E-state index is 0. The Morgan fingerprint density at radius 3 is 2.64 bits per heavy atom. The molecule has 0 unspecified atom stereocenters. The van der Waals surface area contributed by atoms with Gasteiger partial charge in [-0.3, -0.25) is 0 Å². The summed E-state index contributed by atoms with van der Waals surface area (Å²) in [6.45, 7) is 2.10. The van der Waals surface area contributed by atoms with E-state index >= 15 is 0 Å². The van der Waals surface area contributed by atoms with Gasteiger partial charge in [0.1, 0.15) is 0 Å². The Hall–Kier alpha value is 0.430. The molecule has 0 saturated heterocycles. The van der Waals surface area contributed by atoms with E-state index in [9.17, 15) is 0 Å². The van der Waals surface area contributed by atoms with Crippen molar-refractivity contribution >= 4 is 39.7 Å². The van der Waals surface area contributed by atoms with Crippen LogP contribution < -0.4 is 5.73 Å². The molecule has 0 aliphatic heterocycles. The van der Waals surface area contributed by atoms with Gasteiger partial charge in [0, 0.05) is 10.9 Å². The number of nitrogens with two attached hydrogens (primary N) is 1. The molecule has 2 N–H and O–H groups in total. The summed E-state index contributed by atoms with van der Waals surface area (Å²) in [5.41, 5.74) is 5.80. The first-order chi connectivity index (χ1) is 4.74. The SMILES string of the molecule is CC[C@H](N)c1ccc(Br)s1.Cl. The average Bonchev–Trinajstić information content (AvgIpc) is 2.34. The summed E-state index contributed by atoms with van der Waals surface area (Å²) >= 11 is 5.10. The van der Waals surface area contributed by atoms with E-state index in [0.29, 0.717) is 0 Å². The molecule has 1 atom stereocenters. The van der Waals surface area contributed by atoms with Crippen molar-refractivity contribution in [3.8, 4) is 0 Å². The van der Waals surface area contributed by atoms with E-state index in [-0.39, 0.29) is 18.4 Å². The lowest BCUT2D eigenvalue weighted by molar-refractivity contribution is 0.712. The maximum atomic E-state index is 5.80. The van der Waals surface area contributed by atoms with Gasteiger partial charge in [-0.15, -0.1) is 23.7 Å². The van der Waals surface area contributed by atoms with Gasteiger partial charge in [-0.2, -0.15) is 0 Å². The van der Waals surface area contributed by atoms with Crippen molar-refractivity contribution in [1.82, 2.24) is 0 Å². The van der Waals surface area contributed by atoms with Gasteiger partial charge in [-0.25, -0.2) is 0 Å². The van der Waals surface area contributed by atoms with Gasteiger partial charge in [0.15, 0.2) is 0 Å². The molecular weight excluding hydrogens is 246 g/mol. The number of hydrogen-bond donors (Lipinski definition) is 1. The molecular formula is C7H11BrClNS. The molecule has 1 aromatic heterocycles. The van der Waals surface area contributed by atoms with Crippen LogP contribution >= 0.6 is 39.7 Å². The lowest BCUT2D eigenvalue weighted by atomic mass is 10.2. The minimum absolute atomic E-state index is 0. The zero-order chi connectivity index (χ0) is 7.56. The van der Waals surface area contributed by atoms with Crippen molar-refractivity contribution in [2.24, 2.45) is 5.73 Å². The molecule has 0 aromatic carbocycles. The summed E-state index contributed by atoms with van der Waals surface area (Å²) in [5.74, 6) is 0. The normalized spacial score (nSPS) is 12.3. The van der Waals surface area contributed by atoms with Gasteiger partial charge in [-0.05, 0) is 34.5 Å². The van der Waals surface area contributed by atoms with Gasteiger partial charge < -0.3 is 5.73 Å². The van der Waals surface area contributed by atoms with E-state index in [0.717, 1.165) is 10.2 Å². The monoisotopic (exact) mass is 255 g/mol. The first kappa shape index (κ1) is 11.4. The van der Waals surface area contributed by atoms with Crippen LogP contribution in [0.15, 0.2) is 15.9 Å². The second kappa shape index (κ2) is 5.14. The molecule has 1 aromatic rings. The Kier molecular flexibility index (Phi) is 5.34. The van der Waals surface area contributed by atoms with Gasteiger partial charge in [0.05, 0.1) is 3.79 Å². The molecule has 0 spiro atoms. The molecule has 0 aliphatic carbocycles. The molecule has 0 amide bonds. The zero-order valence-corrected chi connectivity index (χ0v) is 9.43. The Balaban J connectivity index is 0.000001000. The molecule has 0 saturated carbocycles. The van der Waals surface area contributed by atoms with Crippen LogP contribution in [0, 0.1) is 0 Å². The number of hydrogen-bond acceptors (Lipinski definition) is 2. The number of thiophene rings is 1. The van der Waals surface area contributed by atoms with Gasteiger partial charge in [0.25, 0.3) is 0 Å². The highest BCUT2D eigenvalue weighted by Gasteiger charge is 2.04. The largest absolute Gasteiger partial charge is 0.323 e. The van der Waals surface area contributed by atoms with Crippen molar-refractivity contribution in [3.63, 3.8) is 0 Å². The second-order valence-corrected chi connectivity index (χ2v) is 4.65. The third-order valence-corrected chi connectivity index (χ3v) is 3.15. The lowest BCUT2D eigenvalue weighted by Gasteiger charge is -2.02. The van der Waals surface area contributed by atoms with E-state index in [1.807, 2.05) is 6.07 Å². The molecule has 0 radical (unpaired) electrons. The fraction of sp³-hybridized carbons (Fsp3) is 0.429. The molecule has 4 heteroatoms. The molecule has 0 bridgehead atoms. The molecule has 1 nitrogen and oxygen atoms in total. The lowest BCUT2D eigenvalue weighted by Crippen LogP contribution is -2.05. The standard InChI is InChI=1S/C7H10BrNS.ClH/c1-2-5(9)6-3-4-7(8)10-6;/h3-5H,2,9H2,1H3;1H/t5-;/m0./s1. The third kappa shape index (κ3) is 3.11. The van der Waals surface area contributed by atoms with Crippen LogP contribution in [0.1, 0.15) is 24.3 Å². The maximum Gasteiger partial charge on any atom is 0.0701 e. The predicted octanol–water partition coefficient (Wildman–Crippen LogP) is 3.34. The summed E-state index contributed by atoms with van der Waals surface area (Å²) in [6, 6.07) is 4.33. The van der Waals surface area contributed by atoms with Gasteiger partial charge >= 0.3 is 0 Å². The minimum Gasteiger partial charge on any atom is -0.323 e. The highest BCUT2D eigenvalue weighted by molar-refractivity contribution is 9.11. The van der Waals surface area contributed by atoms with E-state index in [2.05, 4.69) is 28.9 Å². The van der Waals surface area contributed by atoms with Crippen LogP contribution in [0.4, 0.5) is 0 Å². The molecule has 1 heterocycles. The van der Waals surface area contributed by atoms with E-state index < -0.39 is 0 Å².